The average Bonchev–Trinajstić information content (AvgIpc) is 3.20. The minimum Gasteiger partial charge on any atom is -0.294 e. The predicted octanol–water partition coefficient (Wildman–Crippen LogP) is 3.90. The molecular weight excluding hydrogens is 398 g/mol. The lowest BCUT2D eigenvalue weighted by molar-refractivity contribution is -0.120. The van der Waals surface area contributed by atoms with E-state index in [0.29, 0.717) is 20.8 Å². The molecular formula is C21H20ClNO2S2. The third-order valence-corrected chi connectivity index (χ3v) is 6.19. The Bertz CT molecular complexity index is 1130. The molecule has 0 saturated heterocycles. The van der Waals surface area contributed by atoms with E-state index in [1.54, 1.807) is 28.0 Å². The number of halogens is 1. The van der Waals surface area contributed by atoms with Gasteiger partial charge in [-0.1, -0.05) is 50.6 Å². The second-order valence-electron chi connectivity index (χ2n) is 7.25. The van der Waals surface area contributed by atoms with Crippen LogP contribution in [0.3, 0.4) is 0 Å². The highest BCUT2D eigenvalue weighted by Gasteiger charge is 2.19. The summed E-state index contributed by atoms with van der Waals surface area (Å²) < 4.78 is 2.88. The summed E-state index contributed by atoms with van der Waals surface area (Å²) in [5, 5.41) is 4.56. The van der Waals surface area contributed by atoms with E-state index < -0.39 is 5.41 Å². The van der Waals surface area contributed by atoms with Gasteiger partial charge in [-0.2, -0.15) is 11.3 Å². The first-order valence-corrected chi connectivity index (χ1v) is 10.6. The van der Waals surface area contributed by atoms with E-state index in [1.807, 2.05) is 61.9 Å². The third kappa shape index (κ3) is 4.67. The Morgan fingerprint density at radius 2 is 1.96 bits per heavy atom. The molecule has 0 atom stereocenters. The number of rotatable bonds is 4. The highest BCUT2D eigenvalue weighted by molar-refractivity contribution is 7.08. The van der Waals surface area contributed by atoms with E-state index in [9.17, 15) is 9.59 Å². The molecule has 0 amide bonds. The first kappa shape index (κ1) is 19.8. The second kappa shape index (κ2) is 7.97. The zero-order valence-electron chi connectivity index (χ0n) is 15.4. The zero-order chi connectivity index (χ0) is 19.6. The van der Waals surface area contributed by atoms with Gasteiger partial charge in [-0.3, -0.25) is 14.2 Å². The molecule has 3 rings (SSSR count). The maximum absolute atomic E-state index is 13.0. The van der Waals surface area contributed by atoms with Gasteiger partial charge in [0.05, 0.1) is 11.1 Å². The summed E-state index contributed by atoms with van der Waals surface area (Å²) >= 11 is 9.20. The van der Waals surface area contributed by atoms with Gasteiger partial charge in [-0.15, -0.1) is 11.3 Å². The van der Waals surface area contributed by atoms with Gasteiger partial charge in [0.2, 0.25) is 0 Å². The molecule has 0 N–H and O–H groups in total. The smallest absolute Gasteiger partial charge is 0.269 e. The van der Waals surface area contributed by atoms with Crippen LogP contribution in [0.5, 0.6) is 0 Å². The molecule has 0 aliphatic rings. The summed E-state index contributed by atoms with van der Waals surface area (Å²) in [6.45, 7) is 5.94. The summed E-state index contributed by atoms with van der Waals surface area (Å²) in [6.07, 6.45) is 3.44. The van der Waals surface area contributed by atoms with Gasteiger partial charge < -0.3 is 0 Å². The van der Waals surface area contributed by atoms with Crippen LogP contribution in [-0.2, 0) is 11.3 Å². The molecule has 0 aliphatic carbocycles. The van der Waals surface area contributed by atoms with Gasteiger partial charge in [-0.05, 0) is 40.1 Å². The van der Waals surface area contributed by atoms with E-state index in [0.717, 1.165) is 11.1 Å². The number of Topliss-reactive ketones (excluding diaryl/α,β-unsaturated/α-hetero) is 1. The van der Waals surface area contributed by atoms with Crippen molar-refractivity contribution in [3.8, 4) is 0 Å². The number of nitrogens with zero attached hydrogens (tertiary/aromatic N) is 1. The van der Waals surface area contributed by atoms with Crippen molar-refractivity contribution < 1.29 is 4.79 Å². The molecule has 0 unspecified atom stereocenters. The molecule has 140 valence electrons. The van der Waals surface area contributed by atoms with E-state index >= 15 is 0 Å². The maximum Gasteiger partial charge on any atom is 0.269 e. The standard InChI is InChI=1S/C21H20ClNO2S2/c1-21(2,3)18(24)11-19-23(12-15-6-4-5-7-16(15)22)20(25)17(27-19)10-14-8-9-26-13-14/h4-11,13H,12H2,1-3H3/b17-10-,19-11-. The number of thiophene rings is 1. The van der Waals surface area contributed by atoms with Crippen molar-refractivity contribution in [3.63, 3.8) is 0 Å². The van der Waals surface area contributed by atoms with Gasteiger partial charge in [0.15, 0.2) is 5.78 Å². The minimum atomic E-state index is -0.507. The van der Waals surface area contributed by atoms with Crippen LogP contribution >= 0.6 is 34.3 Å². The lowest BCUT2D eigenvalue weighted by atomic mass is 9.91. The number of ketones is 1. The average molecular weight is 418 g/mol. The Morgan fingerprint density at radius 1 is 1.22 bits per heavy atom. The lowest BCUT2D eigenvalue weighted by Gasteiger charge is -2.13. The molecule has 6 heteroatoms. The molecule has 0 saturated carbocycles. The van der Waals surface area contributed by atoms with Gasteiger partial charge >= 0.3 is 0 Å². The summed E-state index contributed by atoms with van der Waals surface area (Å²) in [5.41, 5.74) is 1.21. The molecule has 27 heavy (non-hydrogen) atoms. The fourth-order valence-electron chi connectivity index (χ4n) is 2.43. The molecule has 3 aromatic rings. The molecule has 0 spiro atoms. The fourth-order valence-corrected chi connectivity index (χ4v) is 4.28. The van der Waals surface area contributed by atoms with Crippen molar-refractivity contribution in [2.75, 3.05) is 0 Å². The van der Waals surface area contributed by atoms with Crippen molar-refractivity contribution >= 4 is 52.2 Å². The Morgan fingerprint density at radius 3 is 2.59 bits per heavy atom. The Labute approximate surface area is 170 Å². The van der Waals surface area contributed by atoms with E-state index in [4.69, 9.17) is 11.6 Å². The van der Waals surface area contributed by atoms with Crippen molar-refractivity contribution in [1.29, 1.82) is 0 Å². The molecule has 2 aromatic heterocycles. The molecule has 0 radical (unpaired) electrons. The molecule has 0 fully saturated rings. The summed E-state index contributed by atoms with van der Waals surface area (Å²) in [5.74, 6) is -0.0151. The maximum atomic E-state index is 13.0. The van der Waals surface area contributed by atoms with Crippen LogP contribution in [0.1, 0.15) is 31.9 Å². The van der Waals surface area contributed by atoms with Crippen molar-refractivity contribution in [1.82, 2.24) is 4.57 Å². The zero-order valence-corrected chi connectivity index (χ0v) is 17.8. The van der Waals surface area contributed by atoms with Crippen LogP contribution in [0.15, 0.2) is 45.9 Å². The Kier molecular flexibility index (Phi) is 5.84. The minimum absolute atomic E-state index is 0.0151. The second-order valence-corrected chi connectivity index (χ2v) is 9.50. The van der Waals surface area contributed by atoms with Gasteiger partial charge in [0, 0.05) is 16.5 Å². The van der Waals surface area contributed by atoms with Gasteiger partial charge in [-0.25, -0.2) is 0 Å². The van der Waals surface area contributed by atoms with Crippen molar-refractivity contribution in [3.05, 3.63) is 76.8 Å². The molecule has 1 aromatic carbocycles. The first-order chi connectivity index (χ1) is 12.8. The van der Waals surface area contributed by atoms with Gasteiger partial charge in [0.25, 0.3) is 5.56 Å². The number of benzene rings is 1. The van der Waals surface area contributed by atoms with Crippen LogP contribution in [-0.4, -0.2) is 10.4 Å². The Balaban J connectivity index is 2.19. The number of hydrogen-bond acceptors (Lipinski definition) is 4. The van der Waals surface area contributed by atoms with E-state index in [2.05, 4.69) is 0 Å². The van der Waals surface area contributed by atoms with Gasteiger partial charge in [0.1, 0.15) is 4.66 Å². The predicted molar refractivity (Wildman–Crippen MR) is 115 cm³/mol. The molecule has 3 nitrogen and oxygen atoms in total. The fraction of sp³-hybridized carbons (Fsp3) is 0.238. The highest BCUT2D eigenvalue weighted by Crippen LogP contribution is 2.16. The van der Waals surface area contributed by atoms with E-state index in [1.165, 1.54) is 11.3 Å². The quantitative estimate of drug-likeness (QED) is 0.645. The lowest BCUT2D eigenvalue weighted by Crippen LogP contribution is -2.33. The SMILES string of the molecule is CC(C)(C)C(=O)/C=c1\s/c(=C\c2ccsc2)c(=O)n1Cc1ccccc1Cl. The molecule has 2 heterocycles. The van der Waals surface area contributed by atoms with Crippen LogP contribution in [0.4, 0.5) is 0 Å². The third-order valence-electron chi connectivity index (χ3n) is 4.06. The van der Waals surface area contributed by atoms with Crippen LogP contribution in [0.25, 0.3) is 12.2 Å². The number of carbonyl (C=O) groups excluding carboxylic acids is 1. The summed E-state index contributed by atoms with van der Waals surface area (Å²) in [6, 6.07) is 9.40. The van der Waals surface area contributed by atoms with Crippen LogP contribution < -0.4 is 14.8 Å². The van der Waals surface area contributed by atoms with Crippen molar-refractivity contribution in [2.45, 2.75) is 27.3 Å². The largest absolute Gasteiger partial charge is 0.294 e. The number of thiazole rings is 1. The molecule has 0 aliphatic heterocycles. The molecule has 0 bridgehead atoms. The monoisotopic (exact) mass is 417 g/mol. The summed E-state index contributed by atoms with van der Waals surface area (Å²) in [4.78, 5) is 25.6. The van der Waals surface area contributed by atoms with Crippen molar-refractivity contribution in [2.24, 2.45) is 5.41 Å². The highest BCUT2D eigenvalue weighted by atomic mass is 35.5. The van der Waals surface area contributed by atoms with E-state index in [-0.39, 0.29) is 11.3 Å². The number of carbonyl (C=O) groups is 1. The Hall–Kier alpha value is -1.95. The summed E-state index contributed by atoms with van der Waals surface area (Å²) in [7, 11) is 0. The van der Waals surface area contributed by atoms with Crippen LogP contribution in [0.2, 0.25) is 5.02 Å². The number of aromatic nitrogens is 1. The topological polar surface area (TPSA) is 39.1 Å². The number of hydrogen-bond donors (Lipinski definition) is 0. The van der Waals surface area contributed by atoms with Crippen LogP contribution in [0, 0.1) is 5.41 Å². The first-order valence-electron chi connectivity index (χ1n) is 8.49. The normalized spacial score (nSPS) is 13.3.